The van der Waals surface area contributed by atoms with Crippen molar-refractivity contribution in [3.8, 4) is 0 Å². The van der Waals surface area contributed by atoms with Crippen LogP contribution in [0, 0.1) is 0 Å². The summed E-state index contributed by atoms with van der Waals surface area (Å²) in [6.45, 7) is 3.08. The van der Waals surface area contributed by atoms with Gasteiger partial charge < -0.3 is 15.0 Å². The summed E-state index contributed by atoms with van der Waals surface area (Å²) in [6.07, 6.45) is 4.06. The number of hydrogen-bond acceptors (Lipinski definition) is 5. The second-order valence-electron chi connectivity index (χ2n) is 3.86. The number of hydrogen-bond donors (Lipinski definition) is 1. The van der Waals surface area contributed by atoms with Crippen LogP contribution in [0.2, 0.25) is 0 Å². The van der Waals surface area contributed by atoms with Crippen molar-refractivity contribution in [1.82, 2.24) is 20.2 Å². The normalized spacial score (nSPS) is 17.8. The summed E-state index contributed by atoms with van der Waals surface area (Å²) >= 11 is 0. The molecule has 1 atom stereocenters. The number of rotatable bonds is 3. The minimum Gasteiger partial charge on any atom is -0.367 e. The number of methoxy groups -OCH3 is 1. The van der Waals surface area contributed by atoms with Gasteiger partial charge in [-0.05, 0) is 0 Å². The monoisotopic (exact) mass is 236 g/mol. The molecule has 0 aromatic carbocycles. The zero-order chi connectivity index (χ0) is 12.1. The largest absolute Gasteiger partial charge is 0.367 e. The Kier molecular flexibility index (Phi) is 4.00. The molecule has 6 heteroatoms. The maximum Gasteiger partial charge on any atom is 0.256 e. The molecule has 17 heavy (non-hydrogen) atoms. The molecule has 1 aromatic heterocycles. The number of nitrogens with one attached hydrogen (secondary N) is 1. The zero-order valence-corrected chi connectivity index (χ0v) is 9.80. The number of nitrogens with zero attached hydrogens (tertiary/aromatic N) is 3. The number of piperazine rings is 1. The van der Waals surface area contributed by atoms with Gasteiger partial charge in [-0.25, -0.2) is 9.97 Å². The van der Waals surface area contributed by atoms with Crippen molar-refractivity contribution in [2.75, 3.05) is 33.3 Å². The van der Waals surface area contributed by atoms with E-state index in [4.69, 9.17) is 4.74 Å². The van der Waals surface area contributed by atoms with Crippen LogP contribution in [-0.2, 0) is 9.53 Å². The van der Waals surface area contributed by atoms with Gasteiger partial charge in [-0.1, -0.05) is 0 Å². The van der Waals surface area contributed by atoms with E-state index in [2.05, 4.69) is 15.3 Å². The molecule has 1 amide bonds. The van der Waals surface area contributed by atoms with Crippen LogP contribution in [0.5, 0.6) is 0 Å². The summed E-state index contributed by atoms with van der Waals surface area (Å²) in [5.41, 5.74) is 0.693. The van der Waals surface area contributed by atoms with Crippen molar-refractivity contribution < 1.29 is 9.53 Å². The van der Waals surface area contributed by atoms with Crippen molar-refractivity contribution in [1.29, 1.82) is 0 Å². The van der Waals surface area contributed by atoms with Crippen LogP contribution in [0.15, 0.2) is 18.7 Å². The van der Waals surface area contributed by atoms with Gasteiger partial charge in [0.15, 0.2) is 6.10 Å². The van der Waals surface area contributed by atoms with Gasteiger partial charge in [-0.2, -0.15) is 0 Å². The van der Waals surface area contributed by atoms with Gasteiger partial charge >= 0.3 is 0 Å². The van der Waals surface area contributed by atoms with Gasteiger partial charge in [0.05, 0.1) is 0 Å². The van der Waals surface area contributed by atoms with E-state index < -0.39 is 6.10 Å². The molecule has 1 N–H and O–H groups in total. The Morgan fingerprint density at radius 3 is 2.65 bits per heavy atom. The highest BCUT2D eigenvalue weighted by Gasteiger charge is 2.26. The third-order valence-corrected chi connectivity index (χ3v) is 2.77. The summed E-state index contributed by atoms with van der Waals surface area (Å²) in [5, 5.41) is 3.21. The Balaban J connectivity index is 2.10. The molecule has 1 aliphatic heterocycles. The number of carbonyl (C=O) groups is 1. The average Bonchev–Trinajstić information content (AvgIpc) is 2.42. The molecule has 1 saturated heterocycles. The van der Waals surface area contributed by atoms with Crippen LogP contribution in [0.4, 0.5) is 0 Å². The molecule has 2 heterocycles. The molecule has 1 unspecified atom stereocenters. The van der Waals surface area contributed by atoms with E-state index in [1.54, 1.807) is 17.3 Å². The van der Waals surface area contributed by atoms with E-state index in [-0.39, 0.29) is 5.91 Å². The molecule has 0 spiro atoms. The van der Waals surface area contributed by atoms with Crippen LogP contribution >= 0.6 is 0 Å². The molecule has 0 radical (unpaired) electrons. The highest BCUT2D eigenvalue weighted by atomic mass is 16.5. The lowest BCUT2D eigenvalue weighted by molar-refractivity contribution is -0.143. The summed E-state index contributed by atoms with van der Waals surface area (Å²) in [7, 11) is 1.53. The van der Waals surface area contributed by atoms with Crippen LogP contribution in [0.1, 0.15) is 11.7 Å². The molecule has 0 aliphatic carbocycles. The molecule has 0 bridgehead atoms. The van der Waals surface area contributed by atoms with E-state index in [0.29, 0.717) is 18.7 Å². The first-order valence-corrected chi connectivity index (χ1v) is 5.60. The van der Waals surface area contributed by atoms with Crippen LogP contribution in [-0.4, -0.2) is 54.1 Å². The Bertz CT molecular complexity index is 365. The molecular formula is C11H16N4O2. The molecule has 1 aliphatic rings. The average molecular weight is 236 g/mol. The molecule has 1 aromatic rings. The van der Waals surface area contributed by atoms with E-state index in [9.17, 15) is 4.79 Å². The minimum absolute atomic E-state index is 0.0243. The van der Waals surface area contributed by atoms with Gasteiger partial charge in [0, 0.05) is 51.2 Å². The fourth-order valence-corrected chi connectivity index (χ4v) is 1.88. The second-order valence-corrected chi connectivity index (χ2v) is 3.86. The third-order valence-electron chi connectivity index (χ3n) is 2.77. The Morgan fingerprint density at radius 1 is 1.41 bits per heavy atom. The Labute approximate surface area is 100 Å². The van der Waals surface area contributed by atoms with Gasteiger partial charge in [0.25, 0.3) is 5.91 Å². The van der Waals surface area contributed by atoms with E-state index >= 15 is 0 Å². The first-order valence-electron chi connectivity index (χ1n) is 5.60. The third kappa shape index (κ3) is 2.78. The van der Waals surface area contributed by atoms with Crippen LogP contribution < -0.4 is 5.32 Å². The number of aromatic nitrogens is 2. The van der Waals surface area contributed by atoms with Crippen molar-refractivity contribution in [2.24, 2.45) is 0 Å². The van der Waals surface area contributed by atoms with Crippen molar-refractivity contribution in [3.63, 3.8) is 0 Å². The number of carbonyl (C=O) groups excluding carboxylic acids is 1. The van der Waals surface area contributed by atoms with Crippen LogP contribution in [0.25, 0.3) is 0 Å². The van der Waals surface area contributed by atoms with Gasteiger partial charge in [-0.15, -0.1) is 0 Å². The summed E-state index contributed by atoms with van der Waals surface area (Å²) in [6, 6.07) is 0. The highest BCUT2D eigenvalue weighted by molar-refractivity contribution is 5.82. The van der Waals surface area contributed by atoms with Gasteiger partial charge in [0.1, 0.15) is 6.33 Å². The van der Waals surface area contributed by atoms with Gasteiger partial charge in [0.2, 0.25) is 0 Å². The molecule has 0 saturated carbocycles. The molecule has 92 valence electrons. The highest BCUT2D eigenvalue weighted by Crippen LogP contribution is 2.17. The minimum atomic E-state index is -0.603. The molecular weight excluding hydrogens is 220 g/mol. The first kappa shape index (κ1) is 11.9. The number of ether oxygens (including phenoxy) is 1. The van der Waals surface area contributed by atoms with Crippen LogP contribution in [0.3, 0.4) is 0 Å². The van der Waals surface area contributed by atoms with E-state index in [1.807, 2.05) is 0 Å². The Morgan fingerprint density at radius 2 is 2.06 bits per heavy atom. The SMILES string of the molecule is COC(C(=O)N1CCNCC1)c1cncnc1. The van der Waals surface area contributed by atoms with E-state index in [0.717, 1.165) is 13.1 Å². The predicted molar refractivity (Wildman–Crippen MR) is 61.2 cm³/mol. The fraction of sp³-hybridized carbons (Fsp3) is 0.545. The molecule has 1 fully saturated rings. The lowest BCUT2D eigenvalue weighted by Crippen LogP contribution is -2.48. The summed E-state index contributed by atoms with van der Waals surface area (Å²) < 4.78 is 5.26. The predicted octanol–water partition coefficient (Wildman–Crippen LogP) is -0.404. The molecule has 2 rings (SSSR count). The zero-order valence-electron chi connectivity index (χ0n) is 9.80. The lowest BCUT2D eigenvalue weighted by atomic mass is 10.1. The van der Waals surface area contributed by atoms with Crippen molar-refractivity contribution in [2.45, 2.75) is 6.10 Å². The standard InChI is InChI=1S/C11H16N4O2/c1-17-10(9-6-13-8-14-7-9)11(16)15-4-2-12-3-5-15/h6-8,10,12H,2-5H2,1H3. The van der Waals surface area contributed by atoms with E-state index in [1.165, 1.54) is 13.4 Å². The lowest BCUT2D eigenvalue weighted by Gasteiger charge is -2.30. The van der Waals surface area contributed by atoms with Crippen molar-refractivity contribution in [3.05, 3.63) is 24.3 Å². The summed E-state index contributed by atoms with van der Waals surface area (Å²) in [5.74, 6) is -0.0243. The summed E-state index contributed by atoms with van der Waals surface area (Å²) in [4.78, 5) is 21.9. The van der Waals surface area contributed by atoms with Gasteiger partial charge in [-0.3, -0.25) is 4.79 Å². The maximum atomic E-state index is 12.2. The first-order chi connectivity index (χ1) is 8.33. The quantitative estimate of drug-likeness (QED) is 0.773. The molecule has 6 nitrogen and oxygen atoms in total. The fourth-order valence-electron chi connectivity index (χ4n) is 1.88. The smallest absolute Gasteiger partial charge is 0.256 e. The number of amides is 1. The maximum absolute atomic E-state index is 12.2. The topological polar surface area (TPSA) is 67.3 Å². The second kappa shape index (κ2) is 5.70. The van der Waals surface area contributed by atoms with Crippen molar-refractivity contribution >= 4 is 5.91 Å². The Hall–Kier alpha value is -1.53.